The Labute approximate surface area is 121 Å². The Bertz CT molecular complexity index is 171. The first-order valence-electron chi connectivity index (χ1n) is 6.86. The molecule has 0 aliphatic carbocycles. The number of halogens is 1. The molecule has 5 nitrogen and oxygen atoms in total. The molecule has 0 aliphatic heterocycles. The highest BCUT2D eigenvalue weighted by Gasteiger charge is 2.00. The van der Waals surface area contributed by atoms with E-state index in [1.807, 2.05) is 0 Å². The molecule has 0 fully saturated rings. The molecule has 0 bridgehead atoms. The molecule has 0 saturated carbocycles. The number of alkyl halides is 1. The van der Waals surface area contributed by atoms with E-state index in [4.69, 9.17) is 35.7 Å². The van der Waals surface area contributed by atoms with Crippen LogP contribution in [-0.4, -0.2) is 69.9 Å². The maximum atomic E-state index is 9.11. The van der Waals surface area contributed by atoms with Gasteiger partial charge >= 0.3 is 0 Å². The fourth-order valence-electron chi connectivity index (χ4n) is 1.17. The molecule has 1 N–H and O–H groups in total. The summed E-state index contributed by atoms with van der Waals surface area (Å²) in [6, 6.07) is 0. The largest absolute Gasteiger partial charge is 0.389 e. The molecular formula is C13H27ClO5. The molecule has 1 unspecified atom stereocenters. The average molecular weight is 299 g/mol. The monoisotopic (exact) mass is 298 g/mol. The smallest absolute Gasteiger partial charge is 0.0908 e. The summed E-state index contributed by atoms with van der Waals surface area (Å²) in [5.74, 6) is 0.190. The molecule has 116 valence electrons. The van der Waals surface area contributed by atoms with Crippen LogP contribution in [0, 0.1) is 0 Å². The van der Waals surface area contributed by atoms with Crippen LogP contribution in [0.15, 0.2) is 0 Å². The lowest BCUT2D eigenvalue weighted by Gasteiger charge is -2.09. The van der Waals surface area contributed by atoms with Gasteiger partial charge in [-0.25, -0.2) is 0 Å². The van der Waals surface area contributed by atoms with Crippen molar-refractivity contribution in [3.8, 4) is 0 Å². The predicted molar refractivity (Wildman–Crippen MR) is 74.9 cm³/mol. The molecule has 0 heterocycles. The summed E-state index contributed by atoms with van der Waals surface area (Å²) < 4.78 is 21.1. The van der Waals surface area contributed by atoms with Gasteiger partial charge in [0.25, 0.3) is 0 Å². The van der Waals surface area contributed by atoms with Crippen molar-refractivity contribution >= 4 is 11.6 Å². The van der Waals surface area contributed by atoms with Crippen LogP contribution < -0.4 is 0 Å². The number of hydrogen-bond donors (Lipinski definition) is 1. The third-order valence-corrected chi connectivity index (χ3v) is 2.60. The van der Waals surface area contributed by atoms with Crippen molar-refractivity contribution in [2.75, 3.05) is 58.7 Å². The highest BCUT2D eigenvalue weighted by Crippen LogP contribution is 1.90. The van der Waals surface area contributed by atoms with Crippen LogP contribution >= 0.6 is 11.6 Å². The highest BCUT2D eigenvalue weighted by molar-refractivity contribution is 6.18. The number of aliphatic hydroxyl groups excluding tert-OH is 1. The Hall–Kier alpha value is 0.0900. The zero-order valence-corrected chi connectivity index (χ0v) is 12.6. The van der Waals surface area contributed by atoms with E-state index in [-0.39, 0.29) is 12.5 Å². The first-order chi connectivity index (χ1) is 9.31. The van der Waals surface area contributed by atoms with Crippen LogP contribution in [0.1, 0.15) is 19.8 Å². The van der Waals surface area contributed by atoms with Crippen molar-refractivity contribution in [2.45, 2.75) is 25.9 Å². The second kappa shape index (κ2) is 16.1. The van der Waals surface area contributed by atoms with Crippen LogP contribution in [0.25, 0.3) is 0 Å². The maximum Gasteiger partial charge on any atom is 0.0908 e. The van der Waals surface area contributed by atoms with Crippen molar-refractivity contribution in [3.63, 3.8) is 0 Å². The molecule has 6 heteroatoms. The Morgan fingerprint density at radius 3 is 1.79 bits per heavy atom. The predicted octanol–water partition coefficient (Wildman–Crippen LogP) is 1.45. The highest BCUT2D eigenvalue weighted by atomic mass is 35.5. The van der Waals surface area contributed by atoms with Crippen LogP contribution in [0.5, 0.6) is 0 Å². The fourth-order valence-corrected chi connectivity index (χ4v) is 1.26. The molecule has 0 aromatic heterocycles. The van der Waals surface area contributed by atoms with E-state index >= 15 is 0 Å². The summed E-state index contributed by atoms with van der Waals surface area (Å²) in [4.78, 5) is 0. The Morgan fingerprint density at radius 1 is 0.842 bits per heavy atom. The van der Waals surface area contributed by atoms with Crippen LogP contribution in [0.2, 0.25) is 0 Å². The standard InChI is InChI=1S/C13H27ClO5/c1-2-3-4-16-5-6-17-7-8-18-9-10-19-12-13(15)11-14/h13,15H,2-12H2,1H3. The lowest BCUT2D eigenvalue weighted by Crippen LogP contribution is -2.19. The van der Waals surface area contributed by atoms with Crippen molar-refractivity contribution in [2.24, 2.45) is 0 Å². The Morgan fingerprint density at radius 2 is 1.32 bits per heavy atom. The Balaban J connectivity index is 2.95. The van der Waals surface area contributed by atoms with Gasteiger partial charge in [-0.1, -0.05) is 13.3 Å². The third kappa shape index (κ3) is 16.0. The second-order valence-electron chi connectivity index (χ2n) is 4.07. The topological polar surface area (TPSA) is 57.2 Å². The molecular weight excluding hydrogens is 272 g/mol. The van der Waals surface area contributed by atoms with Gasteiger partial charge in [0.2, 0.25) is 0 Å². The van der Waals surface area contributed by atoms with E-state index < -0.39 is 6.10 Å². The fraction of sp³-hybridized carbons (Fsp3) is 1.00. The van der Waals surface area contributed by atoms with Crippen molar-refractivity contribution in [1.29, 1.82) is 0 Å². The lowest BCUT2D eigenvalue weighted by atomic mass is 10.4. The summed E-state index contributed by atoms with van der Waals surface area (Å²) in [7, 11) is 0. The third-order valence-electron chi connectivity index (χ3n) is 2.25. The van der Waals surface area contributed by atoms with Crippen LogP contribution in [-0.2, 0) is 18.9 Å². The van der Waals surface area contributed by atoms with E-state index in [9.17, 15) is 0 Å². The minimum Gasteiger partial charge on any atom is -0.389 e. The van der Waals surface area contributed by atoms with Gasteiger partial charge in [0.05, 0.1) is 58.2 Å². The first kappa shape index (κ1) is 19.1. The van der Waals surface area contributed by atoms with E-state index in [1.54, 1.807) is 0 Å². The van der Waals surface area contributed by atoms with E-state index in [0.717, 1.165) is 19.4 Å². The molecule has 0 radical (unpaired) electrons. The van der Waals surface area contributed by atoms with Crippen molar-refractivity contribution in [1.82, 2.24) is 0 Å². The summed E-state index contributed by atoms with van der Waals surface area (Å²) >= 11 is 5.41. The minimum atomic E-state index is -0.599. The molecule has 0 saturated heterocycles. The van der Waals surface area contributed by atoms with Crippen LogP contribution in [0.3, 0.4) is 0 Å². The molecule has 19 heavy (non-hydrogen) atoms. The van der Waals surface area contributed by atoms with Gasteiger partial charge in [0.15, 0.2) is 0 Å². The molecule has 1 atom stereocenters. The molecule has 0 amide bonds. The normalized spacial score (nSPS) is 12.8. The van der Waals surface area contributed by atoms with E-state index in [0.29, 0.717) is 39.6 Å². The van der Waals surface area contributed by atoms with Gasteiger partial charge in [-0.05, 0) is 6.42 Å². The van der Waals surface area contributed by atoms with Gasteiger partial charge in [0.1, 0.15) is 0 Å². The number of aliphatic hydroxyl groups is 1. The quantitative estimate of drug-likeness (QED) is 0.366. The van der Waals surface area contributed by atoms with Gasteiger partial charge in [-0.15, -0.1) is 11.6 Å². The summed E-state index contributed by atoms with van der Waals surface area (Å²) in [6.07, 6.45) is 1.65. The average Bonchev–Trinajstić information content (AvgIpc) is 2.43. The van der Waals surface area contributed by atoms with Gasteiger partial charge in [-0.2, -0.15) is 0 Å². The van der Waals surface area contributed by atoms with Crippen molar-refractivity contribution < 1.29 is 24.1 Å². The summed E-state index contributed by atoms with van der Waals surface area (Å²) in [5.41, 5.74) is 0. The van der Waals surface area contributed by atoms with Gasteiger partial charge < -0.3 is 24.1 Å². The first-order valence-corrected chi connectivity index (χ1v) is 7.39. The number of ether oxygens (including phenoxy) is 4. The van der Waals surface area contributed by atoms with E-state index in [2.05, 4.69) is 6.92 Å². The molecule has 0 rings (SSSR count). The number of rotatable bonds is 15. The zero-order valence-electron chi connectivity index (χ0n) is 11.8. The molecule has 0 spiro atoms. The Kier molecular flexibility index (Phi) is 16.2. The second-order valence-corrected chi connectivity index (χ2v) is 4.38. The molecule has 0 aliphatic rings. The summed E-state index contributed by atoms with van der Waals surface area (Å²) in [5, 5.41) is 9.11. The lowest BCUT2D eigenvalue weighted by molar-refractivity contribution is -0.0138. The van der Waals surface area contributed by atoms with Gasteiger partial charge in [-0.3, -0.25) is 0 Å². The number of hydrogen-bond acceptors (Lipinski definition) is 5. The van der Waals surface area contributed by atoms with Crippen LogP contribution in [0.4, 0.5) is 0 Å². The van der Waals surface area contributed by atoms with Crippen molar-refractivity contribution in [3.05, 3.63) is 0 Å². The SMILES string of the molecule is CCCCOCCOCCOCCOCC(O)CCl. The van der Waals surface area contributed by atoms with E-state index in [1.165, 1.54) is 0 Å². The summed E-state index contributed by atoms with van der Waals surface area (Å²) in [6.45, 7) is 6.47. The molecule has 0 aromatic carbocycles. The maximum absolute atomic E-state index is 9.11. The zero-order chi connectivity index (χ0) is 14.2. The van der Waals surface area contributed by atoms with Gasteiger partial charge in [0, 0.05) is 6.61 Å². The molecule has 0 aromatic rings. The number of unbranched alkanes of at least 4 members (excludes halogenated alkanes) is 1. The minimum absolute atomic E-state index is 0.190.